The van der Waals surface area contributed by atoms with Crippen LogP contribution in [0.4, 0.5) is 18.9 Å². The lowest BCUT2D eigenvalue weighted by Gasteiger charge is -2.27. The van der Waals surface area contributed by atoms with Gasteiger partial charge in [0.1, 0.15) is 11.5 Å². The molecule has 0 radical (unpaired) electrons. The van der Waals surface area contributed by atoms with Gasteiger partial charge in [0.05, 0.1) is 17.6 Å². The highest BCUT2D eigenvalue weighted by Gasteiger charge is 2.41. The van der Waals surface area contributed by atoms with Crippen LogP contribution in [0.2, 0.25) is 0 Å². The standard InChI is InChI=1S/C33H24F3NO4/c1-20-9-6-12-22(17-20)27-30(23-13-7-15-25(18-23)37(39)40)32(38)29(21-10-4-3-5-11-21)28(31(27)33(34,35)36)24-14-8-16-26(19-24)41-2/h3-19,38H,1-2H3. The Morgan fingerprint density at radius 2 is 1.24 bits per heavy atom. The molecule has 0 heterocycles. The highest BCUT2D eigenvalue weighted by molar-refractivity contribution is 6.03. The average molecular weight is 556 g/mol. The van der Waals surface area contributed by atoms with Crippen molar-refractivity contribution in [3.05, 3.63) is 124 Å². The van der Waals surface area contributed by atoms with Crippen LogP contribution in [0, 0.1) is 17.0 Å². The fraction of sp³-hybridized carbons (Fsp3) is 0.0909. The van der Waals surface area contributed by atoms with Crippen molar-refractivity contribution < 1.29 is 27.9 Å². The molecule has 0 amide bonds. The van der Waals surface area contributed by atoms with E-state index in [9.17, 15) is 15.2 Å². The van der Waals surface area contributed by atoms with E-state index < -0.39 is 22.4 Å². The number of rotatable bonds is 6. The minimum Gasteiger partial charge on any atom is -0.507 e. The molecule has 0 aromatic heterocycles. The lowest BCUT2D eigenvalue weighted by Crippen LogP contribution is -2.12. The average Bonchev–Trinajstić information content (AvgIpc) is 2.96. The molecule has 0 unspecified atom stereocenters. The zero-order chi connectivity index (χ0) is 29.3. The normalized spacial score (nSPS) is 11.3. The van der Waals surface area contributed by atoms with Gasteiger partial charge in [-0.15, -0.1) is 0 Å². The van der Waals surface area contributed by atoms with Gasteiger partial charge < -0.3 is 9.84 Å². The second-order valence-corrected chi connectivity index (χ2v) is 9.50. The van der Waals surface area contributed by atoms with Crippen LogP contribution in [-0.2, 0) is 6.18 Å². The lowest BCUT2D eigenvalue weighted by molar-refractivity contribution is -0.384. The molecule has 0 fully saturated rings. The van der Waals surface area contributed by atoms with Gasteiger partial charge in [-0.3, -0.25) is 10.1 Å². The van der Waals surface area contributed by atoms with Gasteiger partial charge in [0.15, 0.2) is 0 Å². The number of halogens is 3. The Morgan fingerprint density at radius 1 is 0.707 bits per heavy atom. The van der Waals surface area contributed by atoms with Gasteiger partial charge in [0.2, 0.25) is 0 Å². The summed E-state index contributed by atoms with van der Waals surface area (Å²) in [5, 5.41) is 23.7. The third-order valence-electron chi connectivity index (χ3n) is 6.83. The molecule has 0 aliphatic rings. The minimum atomic E-state index is -4.90. The number of hydrogen-bond donors (Lipinski definition) is 1. The zero-order valence-corrected chi connectivity index (χ0v) is 22.1. The maximum absolute atomic E-state index is 15.5. The number of ether oxygens (including phenoxy) is 1. The zero-order valence-electron chi connectivity index (χ0n) is 22.1. The molecule has 5 aromatic rings. The number of phenols is 1. The van der Waals surface area contributed by atoms with E-state index in [1.165, 1.54) is 49.6 Å². The summed E-state index contributed by atoms with van der Waals surface area (Å²) in [7, 11) is 1.42. The predicted molar refractivity (Wildman–Crippen MR) is 153 cm³/mol. The van der Waals surface area contributed by atoms with Gasteiger partial charge in [0.25, 0.3) is 5.69 Å². The van der Waals surface area contributed by atoms with Crippen LogP contribution in [0.1, 0.15) is 11.1 Å². The Hall–Kier alpha value is -5.11. The summed E-state index contributed by atoms with van der Waals surface area (Å²) < 4.78 is 51.7. The molecule has 0 saturated heterocycles. The number of nitrogens with zero attached hydrogens (tertiary/aromatic N) is 1. The van der Waals surface area contributed by atoms with Crippen molar-refractivity contribution in [3.8, 4) is 56.0 Å². The van der Waals surface area contributed by atoms with Gasteiger partial charge in [-0.1, -0.05) is 84.4 Å². The van der Waals surface area contributed by atoms with Crippen LogP contribution in [0.5, 0.6) is 11.5 Å². The van der Waals surface area contributed by atoms with Gasteiger partial charge in [0, 0.05) is 34.4 Å². The van der Waals surface area contributed by atoms with Crippen molar-refractivity contribution in [2.75, 3.05) is 7.11 Å². The fourth-order valence-corrected chi connectivity index (χ4v) is 5.12. The molecule has 1 N–H and O–H groups in total. The van der Waals surface area contributed by atoms with Gasteiger partial charge in [-0.25, -0.2) is 0 Å². The number of non-ortho nitro benzene ring substituents is 1. The van der Waals surface area contributed by atoms with E-state index in [-0.39, 0.29) is 44.6 Å². The Morgan fingerprint density at radius 3 is 1.83 bits per heavy atom. The van der Waals surface area contributed by atoms with E-state index in [1.807, 2.05) is 0 Å². The number of methoxy groups -OCH3 is 1. The maximum atomic E-state index is 15.5. The topological polar surface area (TPSA) is 72.6 Å². The predicted octanol–water partition coefficient (Wildman–Crippen LogP) is 9.30. The number of phenolic OH excluding ortho intramolecular Hbond substituents is 1. The van der Waals surface area contributed by atoms with Gasteiger partial charge in [-0.05, 0) is 41.3 Å². The van der Waals surface area contributed by atoms with Crippen LogP contribution in [0.15, 0.2) is 103 Å². The Kier molecular flexibility index (Phi) is 7.24. The lowest BCUT2D eigenvalue weighted by atomic mass is 9.79. The summed E-state index contributed by atoms with van der Waals surface area (Å²) in [5.41, 5.74) is -0.496. The first kappa shape index (κ1) is 27.5. The summed E-state index contributed by atoms with van der Waals surface area (Å²) in [5.74, 6) is -0.0898. The summed E-state index contributed by atoms with van der Waals surface area (Å²) in [6.45, 7) is 1.75. The van der Waals surface area contributed by atoms with Crippen molar-refractivity contribution in [1.82, 2.24) is 0 Å². The molecule has 0 saturated carbocycles. The highest BCUT2D eigenvalue weighted by Crippen LogP contribution is 2.56. The Labute approximate surface area is 234 Å². The molecule has 8 heteroatoms. The van der Waals surface area contributed by atoms with Crippen LogP contribution in [0.3, 0.4) is 0 Å². The number of nitro groups is 1. The third kappa shape index (κ3) is 5.24. The van der Waals surface area contributed by atoms with Gasteiger partial charge in [-0.2, -0.15) is 13.2 Å². The first-order valence-electron chi connectivity index (χ1n) is 12.6. The maximum Gasteiger partial charge on any atom is 0.417 e. The Balaban J connectivity index is 2.08. The van der Waals surface area contributed by atoms with E-state index in [0.29, 0.717) is 16.9 Å². The molecule has 206 valence electrons. The number of alkyl halides is 3. The first-order chi connectivity index (χ1) is 19.6. The molecule has 5 nitrogen and oxygen atoms in total. The molecule has 0 spiro atoms. The third-order valence-corrected chi connectivity index (χ3v) is 6.83. The number of nitro benzene ring substituents is 1. The van der Waals surface area contributed by atoms with Gasteiger partial charge >= 0.3 is 6.18 Å². The SMILES string of the molecule is COc1cccc(-c2c(-c3ccccc3)c(O)c(-c3cccc([N+](=O)[O-])c3)c(-c3cccc(C)c3)c2C(F)(F)F)c1. The number of aromatic hydroxyl groups is 1. The largest absolute Gasteiger partial charge is 0.507 e. The van der Waals surface area contributed by atoms with Crippen LogP contribution in [-0.4, -0.2) is 17.1 Å². The molecule has 41 heavy (non-hydrogen) atoms. The molecule has 5 rings (SSSR count). The van der Waals surface area contributed by atoms with E-state index >= 15 is 13.2 Å². The second-order valence-electron chi connectivity index (χ2n) is 9.50. The van der Waals surface area contributed by atoms with Crippen molar-refractivity contribution >= 4 is 5.69 Å². The summed E-state index contributed by atoms with van der Waals surface area (Å²) in [6, 6.07) is 26.3. The molecule has 5 aromatic carbocycles. The van der Waals surface area contributed by atoms with Crippen LogP contribution >= 0.6 is 0 Å². The number of hydrogen-bond acceptors (Lipinski definition) is 4. The molecule has 0 bridgehead atoms. The first-order valence-corrected chi connectivity index (χ1v) is 12.6. The molecule has 0 aliphatic carbocycles. The molecular weight excluding hydrogens is 531 g/mol. The molecule has 0 aliphatic heterocycles. The summed E-state index contributed by atoms with van der Waals surface area (Å²) >= 11 is 0. The fourth-order valence-electron chi connectivity index (χ4n) is 5.12. The highest BCUT2D eigenvalue weighted by atomic mass is 19.4. The molecule has 0 atom stereocenters. The number of benzene rings is 5. The van der Waals surface area contributed by atoms with E-state index in [1.54, 1.807) is 67.6 Å². The Bertz CT molecular complexity index is 1770. The van der Waals surface area contributed by atoms with E-state index in [0.717, 1.165) is 0 Å². The van der Waals surface area contributed by atoms with Crippen LogP contribution in [0.25, 0.3) is 44.5 Å². The minimum absolute atomic E-state index is 0.0518. The van der Waals surface area contributed by atoms with E-state index in [2.05, 4.69) is 0 Å². The monoisotopic (exact) mass is 555 g/mol. The van der Waals surface area contributed by atoms with Crippen molar-refractivity contribution in [2.45, 2.75) is 13.1 Å². The van der Waals surface area contributed by atoms with Crippen LogP contribution < -0.4 is 4.74 Å². The second kappa shape index (κ2) is 10.8. The van der Waals surface area contributed by atoms with Crippen molar-refractivity contribution in [2.24, 2.45) is 0 Å². The smallest absolute Gasteiger partial charge is 0.417 e. The van der Waals surface area contributed by atoms with Crippen molar-refractivity contribution in [1.29, 1.82) is 0 Å². The van der Waals surface area contributed by atoms with E-state index in [4.69, 9.17) is 4.74 Å². The summed E-state index contributed by atoms with van der Waals surface area (Å²) in [6.07, 6.45) is -4.90. The number of aryl methyl sites for hydroxylation is 1. The molecular formula is C33H24F3NO4. The quantitative estimate of drug-likeness (QED) is 0.167. The van der Waals surface area contributed by atoms with Crippen molar-refractivity contribution in [3.63, 3.8) is 0 Å². The summed E-state index contributed by atoms with van der Waals surface area (Å²) in [4.78, 5) is 11.0.